The van der Waals surface area contributed by atoms with E-state index in [0.717, 1.165) is 77.6 Å². The average molecular weight is 843 g/mol. The number of aryl methyl sites for hydroxylation is 1. The Morgan fingerprint density at radius 3 is 2.22 bits per heavy atom. The maximum absolute atomic E-state index is 6.57. The van der Waals surface area contributed by atoms with Gasteiger partial charge in [-0.05, 0) is 40.9 Å². The van der Waals surface area contributed by atoms with Crippen LogP contribution in [0.2, 0.25) is 19.6 Å². The van der Waals surface area contributed by atoms with Gasteiger partial charge in [0.25, 0.3) is 0 Å². The van der Waals surface area contributed by atoms with Crippen molar-refractivity contribution in [3.05, 3.63) is 152 Å². The summed E-state index contributed by atoms with van der Waals surface area (Å²) in [5.41, 5.74) is 8.58. The first-order chi connectivity index (χ1) is 23.9. The zero-order valence-electron chi connectivity index (χ0n) is 28.2. The summed E-state index contributed by atoms with van der Waals surface area (Å²) in [6.45, 7) is 9.06. The molecule has 0 unspecified atom stereocenters. The molecule has 4 aromatic heterocycles. The summed E-state index contributed by atoms with van der Waals surface area (Å²) >= 11 is 0. The van der Waals surface area contributed by atoms with Gasteiger partial charge in [-0.1, -0.05) is 97.3 Å². The summed E-state index contributed by atoms with van der Waals surface area (Å²) in [4.78, 5) is 13.9. The molecule has 5 nitrogen and oxygen atoms in total. The molecule has 0 saturated carbocycles. The molecule has 1 radical (unpaired) electrons. The van der Waals surface area contributed by atoms with Gasteiger partial charge in [-0.2, -0.15) is 0 Å². The Bertz CT molecular complexity index is 2590. The zero-order valence-corrected chi connectivity index (χ0v) is 31.6. The Labute approximate surface area is 306 Å². The van der Waals surface area contributed by atoms with Crippen LogP contribution in [0.3, 0.4) is 0 Å². The Balaban J connectivity index is 0.000000196. The largest absolute Gasteiger partial charge is 0.500 e. The summed E-state index contributed by atoms with van der Waals surface area (Å²) in [6, 6.07) is 45.8. The number of aromatic nitrogens is 4. The first-order valence-corrected chi connectivity index (χ1v) is 19.9. The molecule has 9 rings (SSSR count). The third-order valence-corrected chi connectivity index (χ3v) is 10.9. The van der Waals surface area contributed by atoms with Gasteiger partial charge in [0.2, 0.25) is 0 Å². The number of fused-ring (bicyclic) bond motifs is 6. The molecule has 9 aromatic rings. The molecule has 5 aromatic carbocycles. The predicted molar refractivity (Wildman–Crippen MR) is 204 cm³/mol. The third-order valence-electron chi connectivity index (χ3n) is 8.92. The Hall–Kier alpha value is -5.20. The molecule has 0 saturated heterocycles. The smallest absolute Gasteiger partial charge is 0.128 e. The zero-order chi connectivity index (χ0) is 33.5. The molecule has 0 aliphatic carbocycles. The Kier molecular flexibility index (Phi) is 9.06. The fourth-order valence-electron chi connectivity index (χ4n) is 6.37. The summed E-state index contributed by atoms with van der Waals surface area (Å²) < 4.78 is 8.75. The van der Waals surface area contributed by atoms with Gasteiger partial charge in [0.15, 0.2) is 0 Å². The number of hydrogen-bond acceptors (Lipinski definition) is 4. The van der Waals surface area contributed by atoms with Gasteiger partial charge >= 0.3 is 0 Å². The molecule has 4 heterocycles. The van der Waals surface area contributed by atoms with Crippen LogP contribution in [0.5, 0.6) is 0 Å². The second-order valence-electron chi connectivity index (χ2n) is 13.2. The topological polar surface area (TPSA) is 56.7 Å². The van der Waals surface area contributed by atoms with Crippen molar-refractivity contribution in [1.29, 1.82) is 0 Å². The van der Waals surface area contributed by atoms with E-state index in [9.17, 15) is 0 Å². The molecule has 0 N–H and O–H groups in total. The van der Waals surface area contributed by atoms with Crippen molar-refractivity contribution < 1.29 is 24.5 Å². The molecule has 7 heteroatoms. The molecule has 0 aliphatic heterocycles. The first-order valence-electron chi connectivity index (χ1n) is 16.4. The molecule has 0 amide bonds. The molecule has 0 fully saturated rings. The Morgan fingerprint density at radius 2 is 1.46 bits per heavy atom. The van der Waals surface area contributed by atoms with E-state index in [1.165, 1.54) is 5.19 Å². The number of para-hydroxylation sites is 1. The molecule has 0 bridgehead atoms. The van der Waals surface area contributed by atoms with Gasteiger partial charge in [-0.15, -0.1) is 54.1 Å². The van der Waals surface area contributed by atoms with Crippen LogP contribution in [-0.4, -0.2) is 27.6 Å². The van der Waals surface area contributed by atoms with E-state index in [4.69, 9.17) is 9.40 Å². The number of pyridine rings is 2. The fourth-order valence-corrected chi connectivity index (χ4v) is 7.40. The van der Waals surface area contributed by atoms with E-state index in [1.54, 1.807) is 0 Å². The van der Waals surface area contributed by atoms with Gasteiger partial charge in [-0.25, -0.2) is 0 Å². The number of imidazole rings is 1. The van der Waals surface area contributed by atoms with Gasteiger partial charge in [0, 0.05) is 49.0 Å². The van der Waals surface area contributed by atoms with Crippen LogP contribution in [-0.2, 0) is 20.1 Å². The van der Waals surface area contributed by atoms with Crippen LogP contribution in [0.4, 0.5) is 0 Å². The maximum atomic E-state index is 6.57. The second-order valence-corrected chi connectivity index (χ2v) is 18.3. The third kappa shape index (κ3) is 6.09. The van der Waals surface area contributed by atoms with Crippen molar-refractivity contribution in [2.24, 2.45) is 0 Å². The van der Waals surface area contributed by atoms with Crippen molar-refractivity contribution in [3.63, 3.8) is 0 Å². The van der Waals surface area contributed by atoms with E-state index in [0.29, 0.717) is 0 Å². The van der Waals surface area contributed by atoms with Crippen LogP contribution in [0.25, 0.3) is 72.1 Å². The molecular formula is C43H34IrN4OSi-2. The monoisotopic (exact) mass is 843 g/mol. The van der Waals surface area contributed by atoms with E-state index in [2.05, 4.69) is 114 Å². The second kappa shape index (κ2) is 13.6. The molecule has 247 valence electrons. The van der Waals surface area contributed by atoms with Crippen molar-refractivity contribution in [2.45, 2.75) is 26.6 Å². The standard InChI is InChI=1S/C29H18N3O.C14H16NSi.Ir/c1-18-16-30-17-25-26(18)32(20-9-3-2-4-10-20)29(31-25)24-13-7-12-22-23-15-14-19-8-5-6-11-21(19)27(23)33-28(22)24;1-16(2,3)13-9-10-14(15-11-13)12-7-5-4-6-8-12;/h2-12,14-17H,1H3;4-7,9-11H,1-3H3;/q2*-1;. The summed E-state index contributed by atoms with van der Waals surface area (Å²) in [5, 5.41) is 5.82. The molecule has 0 spiro atoms. The SMILES string of the molecule is C[Si](C)(C)c1ccc(-c2[c-]cccc2)nc1.Cc1cncc2nc(-c3[c-]ccc4c3oc3c5ccccc5ccc43)n(-c3ccccc3)c12.[Ir]. The number of hydrogen-bond donors (Lipinski definition) is 0. The first kappa shape index (κ1) is 33.3. The van der Waals surface area contributed by atoms with Crippen molar-refractivity contribution >= 4 is 57.0 Å². The minimum atomic E-state index is -1.23. The van der Waals surface area contributed by atoms with E-state index >= 15 is 0 Å². The summed E-state index contributed by atoms with van der Waals surface area (Å²) in [6.07, 6.45) is 5.71. The fraction of sp³-hybridized carbons (Fsp3) is 0.0930. The minimum Gasteiger partial charge on any atom is -0.500 e. The number of rotatable bonds is 4. The van der Waals surface area contributed by atoms with Crippen molar-refractivity contribution in [3.8, 4) is 28.3 Å². The number of nitrogens with zero attached hydrogens (tertiary/aromatic N) is 4. The van der Waals surface area contributed by atoms with Crippen LogP contribution in [0.1, 0.15) is 5.56 Å². The predicted octanol–water partition coefficient (Wildman–Crippen LogP) is 10.3. The average Bonchev–Trinajstić information content (AvgIpc) is 3.73. The van der Waals surface area contributed by atoms with Gasteiger partial charge < -0.3 is 14.0 Å². The normalized spacial score (nSPS) is 11.4. The quantitative estimate of drug-likeness (QED) is 0.131. The molecule has 0 aliphatic rings. The number of benzene rings is 5. The van der Waals surface area contributed by atoms with Crippen LogP contribution >= 0.6 is 0 Å². The minimum absolute atomic E-state index is 0. The molecular weight excluding hydrogens is 809 g/mol. The van der Waals surface area contributed by atoms with E-state index in [1.807, 2.05) is 73.2 Å². The summed E-state index contributed by atoms with van der Waals surface area (Å²) in [5.74, 6) is 0.793. The van der Waals surface area contributed by atoms with Crippen molar-refractivity contribution in [2.75, 3.05) is 0 Å². The van der Waals surface area contributed by atoms with Gasteiger partial charge in [0.05, 0.1) is 36.7 Å². The van der Waals surface area contributed by atoms with Crippen LogP contribution < -0.4 is 5.19 Å². The Morgan fingerprint density at radius 1 is 0.680 bits per heavy atom. The van der Waals surface area contributed by atoms with Crippen LogP contribution in [0.15, 0.2) is 138 Å². The van der Waals surface area contributed by atoms with E-state index in [-0.39, 0.29) is 20.1 Å². The van der Waals surface area contributed by atoms with Gasteiger partial charge in [0.1, 0.15) is 5.58 Å². The summed E-state index contributed by atoms with van der Waals surface area (Å²) in [7, 11) is -1.23. The number of furan rings is 1. The van der Waals surface area contributed by atoms with Gasteiger partial charge in [-0.3, -0.25) is 9.97 Å². The van der Waals surface area contributed by atoms with E-state index < -0.39 is 8.07 Å². The van der Waals surface area contributed by atoms with Crippen molar-refractivity contribution in [1.82, 2.24) is 19.5 Å². The van der Waals surface area contributed by atoms with Crippen LogP contribution in [0, 0.1) is 19.1 Å². The molecule has 50 heavy (non-hydrogen) atoms. The molecule has 0 atom stereocenters. The maximum Gasteiger partial charge on any atom is 0.128 e.